The second kappa shape index (κ2) is 7.15. The molecule has 0 bridgehead atoms. The lowest BCUT2D eigenvalue weighted by atomic mass is 10.2. The van der Waals surface area contributed by atoms with Crippen LogP contribution in [0.5, 0.6) is 0 Å². The molecular formula is C10H11Cl2N3O3. The molecule has 0 aliphatic carbocycles. The molecule has 0 atom stereocenters. The monoisotopic (exact) mass is 291 g/mol. The number of primary amides is 1. The summed E-state index contributed by atoms with van der Waals surface area (Å²) in [6.07, 6.45) is 0. The number of nitrogens with one attached hydrogen (secondary N) is 1. The highest BCUT2D eigenvalue weighted by molar-refractivity contribution is 6.34. The van der Waals surface area contributed by atoms with E-state index in [1.54, 1.807) is 0 Å². The van der Waals surface area contributed by atoms with Crippen molar-refractivity contribution in [3.63, 3.8) is 0 Å². The van der Waals surface area contributed by atoms with E-state index in [1.807, 2.05) is 0 Å². The zero-order valence-corrected chi connectivity index (χ0v) is 10.8. The number of nitrogens with zero attached hydrogens (tertiary/aromatic N) is 1. The van der Waals surface area contributed by atoms with Gasteiger partial charge < -0.3 is 15.8 Å². The third kappa shape index (κ3) is 4.87. The quantitative estimate of drug-likeness (QED) is 0.593. The molecule has 2 amide bonds. The minimum atomic E-state index is -0.564. The first-order chi connectivity index (χ1) is 8.50. The number of pyridine rings is 1. The van der Waals surface area contributed by atoms with Gasteiger partial charge in [0.2, 0.25) is 5.91 Å². The molecule has 98 valence electrons. The fourth-order valence-electron chi connectivity index (χ4n) is 1.09. The van der Waals surface area contributed by atoms with Crippen molar-refractivity contribution < 1.29 is 14.3 Å². The maximum Gasteiger partial charge on any atom is 0.254 e. The molecule has 1 aromatic rings. The van der Waals surface area contributed by atoms with Crippen LogP contribution in [0.15, 0.2) is 12.1 Å². The average Bonchev–Trinajstić information content (AvgIpc) is 2.27. The summed E-state index contributed by atoms with van der Waals surface area (Å²) in [6, 6.07) is 2.93. The standard InChI is InChI=1S/C10H11Cl2N3O3/c11-7-2-1-6(9(12)15-7)10(17)14-3-4-18-5-8(13)16/h1-2H,3-5H2,(H2,13,16)(H,14,17). The van der Waals surface area contributed by atoms with Crippen molar-refractivity contribution in [3.8, 4) is 0 Å². The predicted molar refractivity (Wildman–Crippen MR) is 66.6 cm³/mol. The Hall–Kier alpha value is -1.37. The van der Waals surface area contributed by atoms with Gasteiger partial charge in [0.05, 0.1) is 12.2 Å². The minimum absolute atomic E-state index is 0.0260. The van der Waals surface area contributed by atoms with E-state index in [0.29, 0.717) is 0 Å². The number of rotatable bonds is 6. The van der Waals surface area contributed by atoms with E-state index < -0.39 is 11.8 Å². The van der Waals surface area contributed by atoms with Gasteiger partial charge in [-0.3, -0.25) is 9.59 Å². The Labute approximate surface area is 113 Å². The van der Waals surface area contributed by atoms with Crippen LogP contribution in [0.3, 0.4) is 0 Å². The smallest absolute Gasteiger partial charge is 0.254 e. The molecule has 0 spiro atoms. The highest BCUT2D eigenvalue weighted by atomic mass is 35.5. The number of nitrogens with two attached hydrogens (primary N) is 1. The summed E-state index contributed by atoms with van der Waals surface area (Å²) in [5.41, 5.74) is 5.09. The number of aromatic nitrogens is 1. The van der Waals surface area contributed by atoms with E-state index in [2.05, 4.69) is 10.3 Å². The Bertz CT molecular complexity index is 454. The van der Waals surface area contributed by atoms with Gasteiger partial charge >= 0.3 is 0 Å². The van der Waals surface area contributed by atoms with Crippen molar-refractivity contribution >= 4 is 35.0 Å². The molecule has 18 heavy (non-hydrogen) atoms. The summed E-state index contributed by atoms with van der Waals surface area (Å²) < 4.78 is 4.87. The minimum Gasteiger partial charge on any atom is -0.370 e. The Balaban J connectivity index is 2.39. The summed E-state index contributed by atoms with van der Waals surface area (Å²) in [5.74, 6) is -0.960. The Morgan fingerprint density at radius 2 is 2.11 bits per heavy atom. The number of carbonyl (C=O) groups is 2. The molecule has 1 aromatic heterocycles. The van der Waals surface area contributed by atoms with Crippen LogP contribution in [0.1, 0.15) is 10.4 Å². The lowest BCUT2D eigenvalue weighted by Gasteiger charge is -2.06. The van der Waals surface area contributed by atoms with Crippen LogP contribution in [-0.2, 0) is 9.53 Å². The largest absolute Gasteiger partial charge is 0.370 e. The van der Waals surface area contributed by atoms with Crippen LogP contribution in [0.4, 0.5) is 0 Å². The molecule has 0 aromatic carbocycles. The molecule has 0 radical (unpaired) electrons. The number of carbonyl (C=O) groups excluding carboxylic acids is 2. The number of hydrogen-bond donors (Lipinski definition) is 2. The lowest BCUT2D eigenvalue weighted by molar-refractivity contribution is -0.122. The van der Waals surface area contributed by atoms with Crippen LogP contribution in [0.2, 0.25) is 10.3 Å². The van der Waals surface area contributed by atoms with E-state index in [9.17, 15) is 9.59 Å². The Kier molecular flexibility index (Phi) is 5.84. The van der Waals surface area contributed by atoms with Gasteiger partial charge in [0.25, 0.3) is 5.91 Å². The molecule has 3 N–H and O–H groups in total. The Morgan fingerprint density at radius 3 is 2.72 bits per heavy atom. The normalized spacial score (nSPS) is 10.1. The number of amides is 2. The van der Waals surface area contributed by atoms with Crippen molar-refractivity contribution in [1.29, 1.82) is 0 Å². The predicted octanol–water partition coefficient (Wildman–Crippen LogP) is 0.620. The van der Waals surface area contributed by atoms with Gasteiger partial charge in [0, 0.05) is 6.54 Å². The van der Waals surface area contributed by atoms with E-state index in [-0.39, 0.29) is 35.6 Å². The molecule has 0 saturated carbocycles. The second-order valence-electron chi connectivity index (χ2n) is 3.25. The van der Waals surface area contributed by atoms with Crippen molar-refractivity contribution in [2.45, 2.75) is 0 Å². The van der Waals surface area contributed by atoms with E-state index in [4.69, 9.17) is 33.7 Å². The summed E-state index contributed by atoms with van der Waals surface area (Å²) in [6.45, 7) is 0.220. The van der Waals surface area contributed by atoms with Crippen LogP contribution < -0.4 is 11.1 Å². The molecule has 0 unspecified atom stereocenters. The highest BCUT2D eigenvalue weighted by Crippen LogP contribution is 2.16. The van der Waals surface area contributed by atoms with Crippen LogP contribution >= 0.6 is 23.2 Å². The molecule has 6 nitrogen and oxygen atoms in total. The molecule has 0 aliphatic rings. The maximum absolute atomic E-state index is 11.6. The first kappa shape index (κ1) is 14.7. The third-order valence-corrected chi connectivity index (χ3v) is 2.33. The zero-order valence-electron chi connectivity index (χ0n) is 9.28. The van der Waals surface area contributed by atoms with Gasteiger partial charge in [-0.25, -0.2) is 4.98 Å². The maximum atomic E-state index is 11.6. The fourth-order valence-corrected chi connectivity index (χ4v) is 1.52. The second-order valence-corrected chi connectivity index (χ2v) is 3.99. The van der Waals surface area contributed by atoms with E-state index >= 15 is 0 Å². The number of ether oxygens (including phenoxy) is 1. The van der Waals surface area contributed by atoms with Crippen molar-refractivity contribution in [2.75, 3.05) is 19.8 Å². The van der Waals surface area contributed by atoms with Crippen LogP contribution in [0.25, 0.3) is 0 Å². The Morgan fingerprint density at radius 1 is 1.39 bits per heavy atom. The third-order valence-electron chi connectivity index (χ3n) is 1.84. The van der Waals surface area contributed by atoms with E-state index in [0.717, 1.165) is 0 Å². The SMILES string of the molecule is NC(=O)COCCNC(=O)c1ccc(Cl)nc1Cl. The van der Waals surface area contributed by atoms with Crippen molar-refractivity contribution in [3.05, 3.63) is 28.0 Å². The first-order valence-corrected chi connectivity index (χ1v) is 5.72. The molecule has 0 fully saturated rings. The van der Waals surface area contributed by atoms with Gasteiger partial charge in [-0.2, -0.15) is 0 Å². The van der Waals surface area contributed by atoms with Crippen molar-refractivity contribution in [1.82, 2.24) is 10.3 Å². The molecule has 1 heterocycles. The first-order valence-electron chi connectivity index (χ1n) is 4.97. The number of halogens is 2. The number of hydrogen-bond acceptors (Lipinski definition) is 4. The van der Waals surface area contributed by atoms with Crippen LogP contribution in [-0.4, -0.2) is 36.6 Å². The lowest BCUT2D eigenvalue weighted by Crippen LogP contribution is -2.29. The molecule has 1 rings (SSSR count). The summed E-state index contributed by atoms with van der Waals surface area (Å²) in [4.78, 5) is 25.8. The summed E-state index contributed by atoms with van der Waals surface area (Å²) in [7, 11) is 0. The topological polar surface area (TPSA) is 94.3 Å². The zero-order chi connectivity index (χ0) is 13.5. The molecule has 0 aliphatic heterocycles. The molecule has 0 saturated heterocycles. The van der Waals surface area contributed by atoms with Gasteiger partial charge in [-0.15, -0.1) is 0 Å². The van der Waals surface area contributed by atoms with Crippen molar-refractivity contribution in [2.24, 2.45) is 5.73 Å². The van der Waals surface area contributed by atoms with E-state index in [1.165, 1.54) is 12.1 Å². The molecule has 8 heteroatoms. The van der Waals surface area contributed by atoms with Gasteiger partial charge in [-0.1, -0.05) is 23.2 Å². The van der Waals surface area contributed by atoms with Gasteiger partial charge in [0.1, 0.15) is 16.9 Å². The average molecular weight is 292 g/mol. The van der Waals surface area contributed by atoms with Gasteiger partial charge in [-0.05, 0) is 12.1 Å². The summed E-state index contributed by atoms with van der Waals surface area (Å²) >= 11 is 11.4. The summed E-state index contributed by atoms with van der Waals surface area (Å²) in [5, 5.41) is 2.78. The van der Waals surface area contributed by atoms with Crippen LogP contribution in [0, 0.1) is 0 Å². The molecular weight excluding hydrogens is 281 g/mol. The fraction of sp³-hybridized carbons (Fsp3) is 0.300. The highest BCUT2D eigenvalue weighted by Gasteiger charge is 2.11. The van der Waals surface area contributed by atoms with Gasteiger partial charge in [0.15, 0.2) is 0 Å².